The SMILES string of the molecule is CC(C)[C@H](N)C(=O)N(C)CCc1ccc(Cl)cc1. The van der Waals surface area contributed by atoms with Crippen molar-refractivity contribution in [3.05, 3.63) is 34.9 Å². The molecule has 0 heterocycles. The van der Waals surface area contributed by atoms with E-state index in [1.807, 2.05) is 38.1 Å². The van der Waals surface area contributed by atoms with Crippen LogP contribution in [-0.2, 0) is 11.2 Å². The summed E-state index contributed by atoms with van der Waals surface area (Å²) in [7, 11) is 1.79. The van der Waals surface area contributed by atoms with Gasteiger partial charge in [-0.1, -0.05) is 37.6 Å². The Labute approximate surface area is 114 Å². The van der Waals surface area contributed by atoms with Crippen LogP contribution in [0.4, 0.5) is 0 Å². The molecule has 100 valence electrons. The van der Waals surface area contributed by atoms with Crippen LogP contribution in [0.15, 0.2) is 24.3 Å². The largest absolute Gasteiger partial charge is 0.344 e. The molecular formula is C14H21ClN2O. The smallest absolute Gasteiger partial charge is 0.239 e. The summed E-state index contributed by atoms with van der Waals surface area (Å²) >= 11 is 5.82. The average molecular weight is 269 g/mol. The number of likely N-dealkylation sites (N-methyl/N-ethyl adjacent to an activating group) is 1. The molecule has 0 fully saturated rings. The number of rotatable bonds is 5. The normalized spacial score (nSPS) is 12.6. The van der Waals surface area contributed by atoms with E-state index in [1.54, 1.807) is 11.9 Å². The molecule has 0 aliphatic carbocycles. The molecule has 1 aromatic carbocycles. The molecule has 0 aliphatic rings. The van der Waals surface area contributed by atoms with Crippen LogP contribution in [0.5, 0.6) is 0 Å². The Morgan fingerprint density at radius 2 is 1.89 bits per heavy atom. The average Bonchev–Trinajstić information content (AvgIpc) is 2.35. The minimum Gasteiger partial charge on any atom is -0.344 e. The highest BCUT2D eigenvalue weighted by Crippen LogP contribution is 2.10. The molecule has 0 radical (unpaired) electrons. The Morgan fingerprint density at radius 3 is 2.39 bits per heavy atom. The zero-order valence-electron chi connectivity index (χ0n) is 11.2. The van der Waals surface area contributed by atoms with Crippen LogP contribution >= 0.6 is 11.6 Å². The molecule has 4 heteroatoms. The standard InChI is InChI=1S/C14H21ClN2O/c1-10(2)13(16)14(18)17(3)9-8-11-4-6-12(15)7-5-11/h4-7,10,13H,8-9,16H2,1-3H3/t13-/m0/s1. The van der Waals surface area contributed by atoms with Crippen molar-refractivity contribution in [2.75, 3.05) is 13.6 Å². The Hall–Kier alpha value is -1.06. The second-order valence-electron chi connectivity index (χ2n) is 4.91. The first-order valence-corrected chi connectivity index (χ1v) is 6.54. The predicted molar refractivity (Wildman–Crippen MR) is 75.6 cm³/mol. The van der Waals surface area contributed by atoms with Crippen LogP contribution in [-0.4, -0.2) is 30.4 Å². The van der Waals surface area contributed by atoms with E-state index in [0.717, 1.165) is 17.0 Å². The molecule has 1 amide bonds. The van der Waals surface area contributed by atoms with E-state index in [2.05, 4.69) is 0 Å². The van der Waals surface area contributed by atoms with E-state index in [0.29, 0.717) is 6.54 Å². The first-order chi connectivity index (χ1) is 8.41. The Balaban J connectivity index is 2.48. The first kappa shape index (κ1) is 15.0. The van der Waals surface area contributed by atoms with Gasteiger partial charge in [0.2, 0.25) is 5.91 Å². The third-order valence-corrected chi connectivity index (χ3v) is 3.28. The fourth-order valence-electron chi connectivity index (χ4n) is 1.60. The molecular weight excluding hydrogens is 248 g/mol. The van der Waals surface area contributed by atoms with Gasteiger partial charge < -0.3 is 10.6 Å². The summed E-state index contributed by atoms with van der Waals surface area (Å²) in [5.41, 5.74) is 7.01. The Bertz CT molecular complexity index is 389. The second-order valence-corrected chi connectivity index (χ2v) is 5.34. The summed E-state index contributed by atoms with van der Waals surface area (Å²) in [4.78, 5) is 13.6. The first-order valence-electron chi connectivity index (χ1n) is 6.17. The lowest BCUT2D eigenvalue weighted by atomic mass is 10.0. The monoisotopic (exact) mass is 268 g/mol. The van der Waals surface area contributed by atoms with E-state index in [9.17, 15) is 4.79 Å². The summed E-state index contributed by atoms with van der Waals surface area (Å²) in [6.45, 7) is 4.58. The van der Waals surface area contributed by atoms with E-state index >= 15 is 0 Å². The number of nitrogens with zero attached hydrogens (tertiary/aromatic N) is 1. The molecule has 2 N–H and O–H groups in total. The van der Waals surface area contributed by atoms with Gasteiger partial charge in [0.1, 0.15) is 0 Å². The number of carbonyl (C=O) groups excluding carboxylic acids is 1. The van der Waals surface area contributed by atoms with Gasteiger partial charge in [0.05, 0.1) is 6.04 Å². The van der Waals surface area contributed by atoms with Gasteiger partial charge in [0.25, 0.3) is 0 Å². The molecule has 1 atom stereocenters. The zero-order chi connectivity index (χ0) is 13.7. The molecule has 18 heavy (non-hydrogen) atoms. The van der Waals surface area contributed by atoms with E-state index in [4.69, 9.17) is 17.3 Å². The van der Waals surface area contributed by atoms with Crippen molar-refractivity contribution in [3.63, 3.8) is 0 Å². The number of hydrogen-bond acceptors (Lipinski definition) is 2. The van der Waals surface area contributed by atoms with Crippen LogP contribution in [0, 0.1) is 5.92 Å². The summed E-state index contributed by atoms with van der Waals surface area (Å²) in [5, 5.41) is 0.727. The van der Waals surface area contributed by atoms with Crippen molar-refractivity contribution in [3.8, 4) is 0 Å². The van der Waals surface area contributed by atoms with Crippen molar-refractivity contribution in [2.45, 2.75) is 26.3 Å². The lowest BCUT2D eigenvalue weighted by Crippen LogP contribution is -2.45. The van der Waals surface area contributed by atoms with Gasteiger partial charge in [0.15, 0.2) is 0 Å². The lowest BCUT2D eigenvalue weighted by Gasteiger charge is -2.23. The van der Waals surface area contributed by atoms with Gasteiger partial charge in [-0.2, -0.15) is 0 Å². The molecule has 0 aromatic heterocycles. The van der Waals surface area contributed by atoms with Crippen molar-refractivity contribution >= 4 is 17.5 Å². The topological polar surface area (TPSA) is 46.3 Å². The molecule has 0 aliphatic heterocycles. The number of amides is 1. The van der Waals surface area contributed by atoms with Gasteiger partial charge in [0, 0.05) is 18.6 Å². The highest BCUT2D eigenvalue weighted by Gasteiger charge is 2.20. The zero-order valence-corrected chi connectivity index (χ0v) is 11.9. The van der Waals surface area contributed by atoms with Gasteiger partial charge in [-0.25, -0.2) is 0 Å². The lowest BCUT2D eigenvalue weighted by molar-refractivity contribution is -0.132. The molecule has 0 bridgehead atoms. The summed E-state index contributed by atoms with van der Waals surface area (Å²) in [5.74, 6) is 0.162. The molecule has 1 rings (SSSR count). The molecule has 0 unspecified atom stereocenters. The van der Waals surface area contributed by atoms with E-state index in [-0.39, 0.29) is 11.8 Å². The van der Waals surface area contributed by atoms with Crippen molar-refractivity contribution in [1.29, 1.82) is 0 Å². The van der Waals surface area contributed by atoms with Crippen LogP contribution in [0.1, 0.15) is 19.4 Å². The van der Waals surface area contributed by atoms with Gasteiger partial charge in [-0.05, 0) is 30.0 Å². The quantitative estimate of drug-likeness (QED) is 0.891. The molecule has 0 saturated carbocycles. The van der Waals surface area contributed by atoms with Crippen molar-refractivity contribution in [1.82, 2.24) is 4.90 Å². The number of nitrogens with two attached hydrogens (primary N) is 1. The maximum absolute atomic E-state index is 11.9. The van der Waals surface area contributed by atoms with Gasteiger partial charge in [-0.3, -0.25) is 4.79 Å². The van der Waals surface area contributed by atoms with Crippen molar-refractivity contribution in [2.24, 2.45) is 11.7 Å². The van der Waals surface area contributed by atoms with Crippen LogP contribution in [0.3, 0.4) is 0 Å². The third kappa shape index (κ3) is 4.31. The minimum atomic E-state index is -0.416. The number of halogens is 1. The maximum atomic E-state index is 11.9. The highest BCUT2D eigenvalue weighted by molar-refractivity contribution is 6.30. The molecule has 0 spiro atoms. The van der Waals surface area contributed by atoms with Crippen LogP contribution in [0.25, 0.3) is 0 Å². The highest BCUT2D eigenvalue weighted by atomic mass is 35.5. The van der Waals surface area contributed by atoms with Crippen molar-refractivity contribution < 1.29 is 4.79 Å². The number of carbonyl (C=O) groups is 1. The molecule has 1 aromatic rings. The Kier molecular flexibility index (Phi) is 5.63. The minimum absolute atomic E-state index is 0.000960. The summed E-state index contributed by atoms with van der Waals surface area (Å²) in [6, 6.07) is 7.25. The molecule has 3 nitrogen and oxygen atoms in total. The second kappa shape index (κ2) is 6.76. The fourth-order valence-corrected chi connectivity index (χ4v) is 1.72. The van der Waals surface area contributed by atoms with Gasteiger partial charge in [-0.15, -0.1) is 0 Å². The summed E-state index contributed by atoms with van der Waals surface area (Å²) < 4.78 is 0. The third-order valence-electron chi connectivity index (χ3n) is 3.03. The van der Waals surface area contributed by atoms with Gasteiger partial charge >= 0.3 is 0 Å². The summed E-state index contributed by atoms with van der Waals surface area (Å²) in [6.07, 6.45) is 0.810. The fraction of sp³-hybridized carbons (Fsp3) is 0.500. The van der Waals surface area contributed by atoms with Crippen LogP contribution in [0.2, 0.25) is 5.02 Å². The Morgan fingerprint density at radius 1 is 1.33 bits per heavy atom. The van der Waals surface area contributed by atoms with E-state index in [1.165, 1.54) is 0 Å². The number of benzene rings is 1. The predicted octanol–water partition coefficient (Wildman–Crippen LogP) is 2.32. The maximum Gasteiger partial charge on any atom is 0.239 e. The van der Waals surface area contributed by atoms with Crippen LogP contribution < -0.4 is 5.73 Å². The number of hydrogen-bond donors (Lipinski definition) is 1. The molecule has 0 saturated heterocycles. The van der Waals surface area contributed by atoms with E-state index < -0.39 is 6.04 Å².